The largest absolute Gasteiger partial charge is 0.496 e. The number of rotatable bonds is 4. The molecule has 0 fully saturated rings. The number of methoxy groups -OCH3 is 1. The molecular weight excluding hydrogens is 258 g/mol. The van der Waals surface area contributed by atoms with Gasteiger partial charge in [-0.25, -0.2) is 0 Å². The Balaban J connectivity index is 2.46. The second-order valence-electron chi connectivity index (χ2n) is 4.47. The summed E-state index contributed by atoms with van der Waals surface area (Å²) in [6, 6.07) is 14.2. The van der Waals surface area contributed by atoms with Crippen molar-refractivity contribution in [2.24, 2.45) is 0 Å². The van der Waals surface area contributed by atoms with Crippen LogP contribution in [0.2, 0.25) is 5.02 Å². The van der Waals surface area contributed by atoms with Gasteiger partial charge in [0.1, 0.15) is 5.75 Å². The topological polar surface area (TPSA) is 21.3 Å². The first kappa shape index (κ1) is 13.9. The van der Waals surface area contributed by atoms with Gasteiger partial charge in [-0.05, 0) is 37.2 Å². The summed E-state index contributed by atoms with van der Waals surface area (Å²) in [6.45, 7) is 2.01. The van der Waals surface area contributed by atoms with E-state index in [1.165, 1.54) is 5.56 Å². The van der Waals surface area contributed by atoms with Crippen LogP contribution in [0.1, 0.15) is 22.7 Å². The molecule has 0 heterocycles. The highest BCUT2D eigenvalue weighted by Crippen LogP contribution is 2.31. The number of benzene rings is 2. The van der Waals surface area contributed by atoms with E-state index in [2.05, 4.69) is 17.4 Å². The zero-order chi connectivity index (χ0) is 13.8. The molecule has 0 aliphatic carbocycles. The number of halogens is 1. The lowest BCUT2D eigenvalue weighted by atomic mass is 9.97. The van der Waals surface area contributed by atoms with Crippen LogP contribution in [0.15, 0.2) is 42.5 Å². The maximum atomic E-state index is 6.09. The summed E-state index contributed by atoms with van der Waals surface area (Å²) in [5, 5.41) is 4.12. The highest BCUT2D eigenvalue weighted by atomic mass is 35.5. The summed E-state index contributed by atoms with van der Waals surface area (Å²) in [5.74, 6) is 0.884. The molecule has 0 spiro atoms. The molecule has 0 radical (unpaired) electrons. The van der Waals surface area contributed by atoms with Gasteiger partial charge in [-0.2, -0.15) is 0 Å². The van der Waals surface area contributed by atoms with Gasteiger partial charge in [-0.15, -0.1) is 0 Å². The molecule has 1 N–H and O–H groups in total. The van der Waals surface area contributed by atoms with Crippen LogP contribution in [0.3, 0.4) is 0 Å². The van der Waals surface area contributed by atoms with Crippen LogP contribution in [0.4, 0.5) is 0 Å². The smallest absolute Gasteiger partial charge is 0.123 e. The summed E-state index contributed by atoms with van der Waals surface area (Å²) in [4.78, 5) is 0. The van der Waals surface area contributed by atoms with E-state index in [1.807, 2.05) is 44.3 Å². The average Bonchev–Trinajstić information content (AvgIpc) is 2.44. The number of hydrogen-bond acceptors (Lipinski definition) is 2. The van der Waals surface area contributed by atoms with Crippen molar-refractivity contribution in [2.45, 2.75) is 13.0 Å². The molecule has 1 unspecified atom stereocenters. The number of hydrogen-bond donors (Lipinski definition) is 1. The van der Waals surface area contributed by atoms with Gasteiger partial charge in [0.2, 0.25) is 0 Å². The van der Waals surface area contributed by atoms with E-state index in [9.17, 15) is 0 Å². The lowest BCUT2D eigenvalue weighted by molar-refractivity contribution is 0.405. The fourth-order valence-corrected chi connectivity index (χ4v) is 2.37. The van der Waals surface area contributed by atoms with E-state index in [0.29, 0.717) is 0 Å². The number of para-hydroxylation sites is 1. The number of aryl methyl sites for hydroxylation is 1. The standard InChI is InChI=1S/C16H18ClNO/c1-11-10-12(8-9-14(11)17)16(18-2)13-6-4-5-7-15(13)19-3/h4-10,16,18H,1-3H3. The Labute approximate surface area is 119 Å². The first-order valence-electron chi connectivity index (χ1n) is 6.23. The molecule has 3 heteroatoms. The Morgan fingerprint density at radius 1 is 1.16 bits per heavy atom. The Kier molecular flexibility index (Phi) is 4.46. The van der Waals surface area contributed by atoms with Gasteiger partial charge in [0, 0.05) is 10.6 Å². The second kappa shape index (κ2) is 6.09. The molecule has 2 aromatic carbocycles. The monoisotopic (exact) mass is 275 g/mol. The van der Waals surface area contributed by atoms with Crippen LogP contribution in [0.5, 0.6) is 5.75 Å². The molecular formula is C16H18ClNO. The van der Waals surface area contributed by atoms with E-state index in [4.69, 9.17) is 16.3 Å². The molecule has 2 rings (SSSR count). The minimum atomic E-state index is 0.0899. The van der Waals surface area contributed by atoms with Crippen molar-refractivity contribution in [1.29, 1.82) is 0 Å². The fraction of sp³-hybridized carbons (Fsp3) is 0.250. The molecule has 19 heavy (non-hydrogen) atoms. The number of ether oxygens (including phenoxy) is 1. The maximum Gasteiger partial charge on any atom is 0.123 e. The van der Waals surface area contributed by atoms with Gasteiger partial charge in [-0.1, -0.05) is 41.9 Å². The van der Waals surface area contributed by atoms with E-state index >= 15 is 0 Å². The maximum absolute atomic E-state index is 6.09. The molecule has 0 aromatic heterocycles. The highest BCUT2D eigenvalue weighted by molar-refractivity contribution is 6.31. The van der Waals surface area contributed by atoms with E-state index in [-0.39, 0.29) is 6.04 Å². The van der Waals surface area contributed by atoms with E-state index in [1.54, 1.807) is 7.11 Å². The van der Waals surface area contributed by atoms with Crippen LogP contribution in [-0.4, -0.2) is 14.2 Å². The molecule has 0 saturated carbocycles. The van der Waals surface area contributed by atoms with E-state index < -0.39 is 0 Å². The van der Waals surface area contributed by atoms with Gasteiger partial charge in [0.25, 0.3) is 0 Å². The van der Waals surface area contributed by atoms with Gasteiger partial charge in [0.05, 0.1) is 13.2 Å². The normalized spacial score (nSPS) is 12.2. The molecule has 2 aromatic rings. The van der Waals surface area contributed by atoms with Crippen molar-refractivity contribution in [3.05, 3.63) is 64.2 Å². The lowest BCUT2D eigenvalue weighted by Gasteiger charge is -2.20. The molecule has 0 amide bonds. The molecule has 0 aliphatic heterocycles. The van der Waals surface area contributed by atoms with Gasteiger partial charge in [0.15, 0.2) is 0 Å². The molecule has 0 saturated heterocycles. The molecule has 2 nitrogen and oxygen atoms in total. The van der Waals surface area contributed by atoms with Crippen molar-refractivity contribution < 1.29 is 4.74 Å². The van der Waals surface area contributed by atoms with Crippen molar-refractivity contribution >= 4 is 11.6 Å². The average molecular weight is 276 g/mol. The van der Waals surface area contributed by atoms with Crippen molar-refractivity contribution in [3.8, 4) is 5.75 Å². The van der Waals surface area contributed by atoms with Crippen LogP contribution in [0.25, 0.3) is 0 Å². The zero-order valence-electron chi connectivity index (χ0n) is 11.4. The summed E-state index contributed by atoms with van der Waals surface area (Å²) in [5.41, 5.74) is 3.37. The van der Waals surface area contributed by atoms with Crippen LogP contribution in [-0.2, 0) is 0 Å². The Morgan fingerprint density at radius 2 is 1.89 bits per heavy atom. The van der Waals surface area contributed by atoms with E-state index in [0.717, 1.165) is 21.9 Å². The summed E-state index contributed by atoms with van der Waals surface area (Å²) in [6.07, 6.45) is 0. The van der Waals surface area contributed by atoms with Crippen LogP contribution in [0, 0.1) is 6.92 Å². The quantitative estimate of drug-likeness (QED) is 0.912. The van der Waals surface area contributed by atoms with Crippen LogP contribution >= 0.6 is 11.6 Å². The fourth-order valence-electron chi connectivity index (χ4n) is 2.25. The minimum absolute atomic E-state index is 0.0899. The van der Waals surface area contributed by atoms with Crippen molar-refractivity contribution in [2.75, 3.05) is 14.2 Å². The third-order valence-electron chi connectivity index (χ3n) is 3.25. The van der Waals surface area contributed by atoms with Gasteiger partial charge >= 0.3 is 0 Å². The molecule has 1 atom stereocenters. The highest BCUT2D eigenvalue weighted by Gasteiger charge is 2.16. The molecule has 0 bridgehead atoms. The predicted molar refractivity (Wildman–Crippen MR) is 80.1 cm³/mol. The Morgan fingerprint density at radius 3 is 2.53 bits per heavy atom. The lowest BCUT2D eigenvalue weighted by Crippen LogP contribution is -2.18. The predicted octanol–water partition coefficient (Wildman–Crippen LogP) is 3.97. The molecule has 0 aliphatic rings. The third kappa shape index (κ3) is 2.91. The van der Waals surface area contributed by atoms with Crippen molar-refractivity contribution in [3.63, 3.8) is 0 Å². The summed E-state index contributed by atoms with van der Waals surface area (Å²) in [7, 11) is 3.64. The second-order valence-corrected chi connectivity index (χ2v) is 4.88. The Bertz CT molecular complexity index is 568. The third-order valence-corrected chi connectivity index (χ3v) is 3.68. The van der Waals surface area contributed by atoms with Gasteiger partial charge in [-0.3, -0.25) is 0 Å². The summed E-state index contributed by atoms with van der Waals surface area (Å²) >= 11 is 6.09. The van der Waals surface area contributed by atoms with Gasteiger partial charge < -0.3 is 10.1 Å². The summed E-state index contributed by atoms with van der Waals surface area (Å²) < 4.78 is 5.44. The SMILES string of the molecule is CNC(c1ccc(Cl)c(C)c1)c1ccccc1OC. The first-order valence-corrected chi connectivity index (χ1v) is 6.61. The molecule has 100 valence electrons. The first-order chi connectivity index (χ1) is 9.17. The Hall–Kier alpha value is -1.51. The zero-order valence-corrected chi connectivity index (χ0v) is 12.2. The number of nitrogens with one attached hydrogen (secondary N) is 1. The minimum Gasteiger partial charge on any atom is -0.496 e. The van der Waals surface area contributed by atoms with Crippen LogP contribution < -0.4 is 10.1 Å². The van der Waals surface area contributed by atoms with Crippen molar-refractivity contribution in [1.82, 2.24) is 5.32 Å².